The monoisotopic (exact) mass is 448 g/mol. The van der Waals surface area contributed by atoms with E-state index in [1.807, 2.05) is 6.92 Å². The number of nitrogens with one attached hydrogen (secondary N) is 2. The number of aliphatic hydroxyl groups excluding tert-OH is 1. The molecule has 2 saturated carbocycles. The number of hydrogen-bond acceptors (Lipinski definition) is 4. The molecule has 2 fully saturated rings. The van der Waals surface area contributed by atoms with Gasteiger partial charge in [-0.15, -0.1) is 0 Å². The first-order chi connectivity index (χ1) is 15.2. The van der Waals surface area contributed by atoms with Crippen molar-refractivity contribution in [2.75, 3.05) is 20.3 Å². The van der Waals surface area contributed by atoms with Gasteiger partial charge < -0.3 is 20.5 Å². The van der Waals surface area contributed by atoms with Gasteiger partial charge in [-0.05, 0) is 67.1 Å². The van der Waals surface area contributed by atoms with Crippen molar-refractivity contribution in [1.82, 2.24) is 10.6 Å². The Labute approximate surface area is 190 Å². The van der Waals surface area contributed by atoms with Gasteiger partial charge >= 0.3 is 0 Å². The van der Waals surface area contributed by atoms with Crippen molar-refractivity contribution in [2.24, 2.45) is 29.1 Å². The molecule has 2 amide bonds. The number of halogens is 1. The molecule has 178 valence electrons. The van der Waals surface area contributed by atoms with Crippen molar-refractivity contribution in [2.45, 2.75) is 58.6 Å². The molecular formula is C25H37FN2O4. The maximum Gasteiger partial charge on any atom is 0.251 e. The summed E-state index contributed by atoms with van der Waals surface area (Å²) in [6, 6.07) is 5.58. The van der Waals surface area contributed by atoms with Gasteiger partial charge in [-0.3, -0.25) is 9.59 Å². The molecule has 0 radical (unpaired) electrons. The molecule has 0 heterocycles. The molecular weight excluding hydrogens is 411 g/mol. The van der Waals surface area contributed by atoms with Crippen LogP contribution >= 0.6 is 0 Å². The summed E-state index contributed by atoms with van der Waals surface area (Å²) in [5.41, 5.74) is 0.274. The average Bonchev–Trinajstić information content (AvgIpc) is 2.75. The van der Waals surface area contributed by atoms with Gasteiger partial charge in [0.25, 0.3) is 5.91 Å². The predicted molar refractivity (Wildman–Crippen MR) is 120 cm³/mol. The molecule has 0 bridgehead atoms. The molecule has 0 spiro atoms. The SMILES string of the molecule is COCCNC(=O)C(C)[C@@H]1CC[C@@]2(C)CC[C@H](NC(=O)c3cccc(F)c3)[C@@H](C)[C@@H]2[C@H]1O. The van der Waals surface area contributed by atoms with E-state index in [0.717, 1.165) is 25.7 Å². The van der Waals surface area contributed by atoms with Crippen LogP contribution in [0.1, 0.15) is 56.8 Å². The van der Waals surface area contributed by atoms with Crippen LogP contribution in [-0.2, 0) is 9.53 Å². The van der Waals surface area contributed by atoms with E-state index >= 15 is 0 Å². The highest BCUT2D eigenvalue weighted by Gasteiger charge is 2.53. The second kappa shape index (κ2) is 10.3. The highest BCUT2D eigenvalue weighted by Crippen LogP contribution is 2.55. The lowest BCUT2D eigenvalue weighted by Gasteiger charge is -2.56. The number of rotatable bonds is 7. The Morgan fingerprint density at radius 3 is 2.72 bits per heavy atom. The van der Waals surface area contributed by atoms with E-state index < -0.39 is 11.9 Å². The van der Waals surface area contributed by atoms with Gasteiger partial charge in [0.1, 0.15) is 5.82 Å². The summed E-state index contributed by atoms with van der Waals surface area (Å²) in [7, 11) is 1.59. The standard InChI is InChI=1S/C25H37FN2O4/c1-15(23(30)27-12-13-32-4)19-8-10-25(3)11-9-20(16(2)21(25)22(19)29)28-24(31)17-6-5-7-18(26)14-17/h5-7,14-16,19-22,29H,8-13H2,1-4H3,(H,27,30)(H,28,31)/t15?,16-,19+,20+,21-,22+,25+/m1/s1. The number of ether oxygens (including phenoxy) is 1. The first-order valence-corrected chi connectivity index (χ1v) is 11.7. The summed E-state index contributed by atoms with van der Waals surface area (Å²) in [6.45, 7) is 7.09. The summed E-state index contributed by atoms with van der Waals surface area (Å²) < 4.78 is 18.5. The third kappa shape index (κ3) is 5.15. The zero-order valence-corrected chi connectivity index (χ0v) is 19.6. The van der Waals surface area contributed by atoms with E-state index in [0.29, 0.717) is 18.7 Å². The van der Waals surface area contributed by atoms with E-state index in [-0.39, 0.29) is 46.9 Å². The zero-order valence-electron chi connectivity index (χ0n) is 19.6. The second-order valence-corrected chi connectivity index (χ2v) is 9.93. The molecule has 7 atom stereocenters. The number of hydrogen-bond donors (Lipinski definition) is 3. The van der Waals surface area contributed by atoms with Gasteiger partial charge in [-0.2, -0.15) is 0 Å². The minimum absolute atomic E-state index is 0.0259. The third-order valence-electron chi connectivity index (χ3n) is 7.95. The highest BCUT2D eigenvalue weighted by molar-refractivity contribution is 5.94. The lowest BCUT2D eigenvalue weighted by atomic mass is 9.51. The lowest BCUT2D eigenvalue weighted by molar-refractivity contribution is -0.142. The number of fused-ring (bicyclic) bond motifs is 1. The number of carbonyl (C=O) groups is 2. The lowest BCUT2D eigenvalue weighted by Crippen LogP contribution is -2.58. The molecule has 3 N–H and O–H groups in total. The van der Waals surface area contributed by atoms with Crippen molar-refractivity contribution >= 4 is 11.8 Å². The van der Waals surface area contributed by atoms with Crippen LogP contribution in [0.5, 0.6) is 0 Å². The Kier molecular flexibility index (Phi) is 7.93. The van der Waals surface area contributed by atoms with E-state index in [4.69, 9.17) is 4.74 Å². The Bertz CT molecular complexity index is 819. The fourth-order valence-corrected chi connectivity index (χ4v) is 6.01. The number of aliphatic hydroxyl groups is 1. The fraction of sp³-hybridized carbons (Fsp3) is 0.680. The minimum Gasteiger partial charge on any atom is -0.392 e. The van der Waals surface area contributed by atoms with Crippen LogP contribution in [0.4, 0.5) is 4.39 Å². The maximum absolute atomic E-state index is 13.5. The summed E-state index contributed by atoms with van der Waals surface area (Å²) in [4.78, 5) is 25.3. The van der Waals surface area contributed by atoms with Crippen LogP contribution in [0.25, 0.3) is 0 Å². The second-order valence-electron chi connectivity index (χ2n) is 9.93. The van der Waals surface area contributed by atoms with E-state index in [9.17, 15) is 19.1 Å². The van der Waals surface area contributed by atoms with Crippen molar-refractivity contribution in [1.29, 1.82) is 0 Å². The third-order valence-corrected chi connectivity index (χ3v) is 7.95. The summed E-state index contributed by atoms with van der Waals surface area (Å²) in [5.74, 6) is -1.22. The zero-order chi connectivity index (χ0) is 23.5. The highest BCUT2D eigenvalue weighted by atomic mass is 19.1. The smallest absolute Gasteiger partial charge is 0.251 e. The number of benzene rings is 1. The van der Waals surface area contributed by atoms with Crippen LogP contribution in [0.2, 0.25) is 0 Å². The molecule has 6 nitrogen and oxygen atoms in total. The van der Waals surface area contributed by atoms with Crippen LogP contribution in [0, 0.1) is 34.9 Å². The molecule has 3 rings (SSSR count). The maximum atomic E-state index is 13.5. The van der Waals surface area contributed by atoms with E-state index in [2.05, 4.69) is 24.5 Å². The summed E-state index contributed by atoms with van der Waals surface area (Å²) in [5, 5.41) is 17.4. The quantitative estimate of drug-likeness (QED) is 0.559. The largest absolute Gasteiger partial charge is 0.392 e. The average molecular weight is 449 g/mol. The Morgan fingerprint density at radius 1 is 1.31 bits per heavy atom. The molecule has 7 heteroatoms. The summed E-state index contributed by atoms with van der Waals surface area (Å²) >= 11 is 0. The molecule has 0 aliphatic heterocycles. The van der Waals surface area contributed by atoms with Crippen molar-refractivity contribution in [3.05, 3.63) is 35.6 Å². The fourth-order valence-electron chi connectivity index (χ4n) is 6.01. The topological polar surface area (TPSA) is 87.7 Å². The van der Waals surface area contributed by atoms with Crippen LogP contribution in [0.3, 0.4) is 0 Å². The van der Waals surface area contributed by atoms with Crippen molar-refractivity contribution in [3.8, 4) is 0 Å². The Hall–Kier alpha value is -1.99. The Balaban J connectivity index is 1.70. The number of amides is 2. The summed E-state index contributed by atoms with van der Waals surface area (Å²) in [6.07, 6.45) is 2.85. The van der Waals surface area contributed by atoms with E-state index in [1.165, 1.54) is 18.2 Å². The first kappa shape index (κ1) is 24.6. The van der Waals surface area contributed by atoms with Gasteiger partial charge in [0.05, 0.1) is 12.7 Å². The molecule has 32 heavy (non-hydrogen) atoms. The molecule has 0 aromatic heterocycles. The van der Waals surface area contributed by atoms with Crippen LogP contribution in [0.15, 0.2) is 24.3 Å². The number of methoxy groups -OCH3 is 1. The molecule has 1 aromatic rings. The van der Waals surface area contributed by atoms with Gasteiger partial charge in [0.15, 0.2) is 0 Å². The van der Waals surface area contributed by atoms with Crippen molar-refractivity contribution < 1.29 is 23.8 Å². The molecule has 1 aromatic carbocycles. The van der Waals surface area contributed by atoms with Crippen LogP contribution in [-0.4, -0.2) is 49.3 Å². The van der Waals surface area contributed by atoms with Gasteiger partial charge in [-0.25, -0.2) is 4.39 Å². The van der Waals surface area contributed by atoms with Gasteiger partial charge in [0.2, 0.25) is 5.91 Å². The molecule has 2 aliphatic rings. The molecule has 2 aliphatic carbocycles. The predicted octanol–water partition coefficient (Wildman–Crippen LogP) is 3.15. The number of carbonyl (C=O) groups excluding carboxylic acids is 2. The van der Waals surface area contributed by atoms with Gasteiger partial charge in [0, 0.05) is 31.2 Å². The van der Waals surface area contributed by atoms with Crippen LogP contribution < -0.4 is 10.6 Å². The Morgan fingerprint density at radius 2 is 2.03 bits per heavy atom. The van der Waals surface area contributed by atoms with Gasteiger partial charge in [-0.1, -0.05) is 26.8 Å². The molecule has 0 saturated heterocycles. The molecule has 1 unspecified atom stereocenters. The van der Waals surface area contributed by atoms with E-state index in [1.54, 1.807) is 13.2 Å². The first-order valence-electron chi connectivity index (χ1n) is 11.7. The minimum atomic E-state index is -0.624. The normalized spacial score (nSPS) is 33.1. The van der Waals surface area contributed by atoms with Crippen molar-refractivity contribution in [3.63, 3.8) is 0 Å².